The summed E-state index contributed by atoms with van der Waals surface area (Å²) in [6.45, 7) is 3.06. The number of para-hydroxylation sites is 1. The lowest BCUT2D eigenvalue weighted by molar-refractivity contribution is -0.384. The van der Waals surface area contributed by atoms with Gasteiger partial charge < -0.3 is 10.6 Å². The van der Waals surface area contributed by atoms with E-state index in [0.717, 1.165) is 0 Å². The lowest BCUT2D eigenvalue weighted by Crippen LogP contribution is -2.32. The minimum Gasteiger partial charge on any atom is -0.374 e. The Bertz CT molecular complexity index is 789. The third kappa shape index (κ3) is 4.16. The van der Waals surface area contributed by atoms with Gasteiger partial charge in [-0.3, -0.25) is 19.7 Å². The molecule has 0 radical (unpaired) electrons. The van der Waals surface area contributed by atoms with Gasteiger partial charge in [-0.2, -0.15) is 0 Å². The first-order valence-corrected chi connectivity index (χ1v) is 7.30. The number of nitrogens with zero attached hydrogens (tertiary/aromatic N) is 1. The van der Waals surface area contributed by atoms with Gasteiger partial charge in [-0.05, 0) is 32.0 Å². The van der Waals surface area contributed by atoms with Crippen molar-refractivity contribution < 1.29 is 14.5 Å². The van der Waals surface area contributed by atoms with E-state index in [1.54, 1.807) is 37.3 Å². The first kappa shape index (κ1) is 17.1. The maximum atomic E-state index is 12.3. The molecule has 7 heteroatoms. The Balaban J connectivity index is 2.09. The zero-order valence-corrected chi connectivity index (χ0v) is 13.3. The topological polar surface area (TPSA) is 101 Å². The van der Waals surface area contributed by atoms with E-state index in [4.69, 9.17) is 0 Å². The number of non-ortho nitro benzene ring substituents is 1. The summed E-state index contributed by atoms with van der Waals surface area (Å²) >= 11 is 0. The first-order chi connectivity index (χ1) is 11.4. The Labute approximate surface area is 138 Å². The molecule has 2 aromatic rings. The fourth-order valence-electron chi connectivity index (χ4n) is 2.16. The summed E-state index contributed by atoms with van der Waals surface area (Å²) < 4.78 is 0. The highest BCUT2D eigenvalue weighted by Crippen LogP contribution is 2.19. The van der Waals surface area contributed by atoms with Crippen molar-refractivity contribution in [1.82, 2.24) is 0 Å². The lowest BCUT2D eigenvalue weighted by Gasteiger charge is -2.16. The van der Waals surface area contributed by atoms with Crippen LogP contribution in [0.25, 0.3) is 0 Å². The van der Waals surface area contributed by atoms with Gasteiger partial charge in [0.2, 0.25) is 5.91 Å². The molecular formula is C17H17N3O4. The summed E-state index contributed by atoms with van der Waals surface area (Å²) in [7, 11) is 0. The molecule has 0 aliphatic carbocycles. The SMILES string of the molecule is CC(=O)c1ccccc1NC(=O)[C@H](C)Nc1cccc([N+](=O)[O-])c1. The number of Topliss-reactive ketones (excluding diaryl/α,β-unsaturated/α-hetero) is 1. The molecule has 2 N–H and O–H groups in total. The molecule has 2 aromatic carbocycles. The van der Waals surface area contributed by atoms with E-state index in [-0.39, 0.29) is 17.4 Å². The van der Waals surface area contributed by atoms with Crippen LogP contribution in [0.3, 0.4) is 0 Å². The fraction of sp³-hybridized carbons (Fsp3) is 0.176. The van der Waals surface area contributed by atoms with Gasteiger partial charge in [0.15, 0.2) is 5.78 Å². The molecule has 2 rings (SSSR count). The Morgan fingerprint density at radius 2 is 1.83 bits per heavy atom. The lowest BCUT2D eigenvalue weighted by atomic mass is 10.1. The number of nitro groups is 1. The summed E-state index contributed by atoms with van der Waals surface area (Å²) in [5.41, 5.74) is 1.26. The van der Waals surface area contributed by atoms with Crippen LogP contribution in [-0.4, -0.2) is 22.7 Å². The molecule has 1 amide bonds. The van der Waals surface area contributed by atoms with Gasteiger partial charge in [0, 0.05) is 23.4 Å². The highest BCUT2D eigenvalue weighted by atomic mass is 16.6. The molecule has 0 aliphatic heterocycles. The standard InChI is InChI=1S/C17H17N3O4/c1-11(18-13-6-5-7-14(10-13)20(23)24)17(22)19-16-9-4-3-8-15(16)12(2)21/h3-11,18H,1-2H3,(H,19,22)/t11-/m0/s1. The molecule has 0 saturated heterocycles. The predicted molar refractivity (Wildman–Crippen MR) is 91.3 cm³/mol. The number of rotatable bonds is 6. The van der Waals surface area contributed by atoms with Gasteiger partial charge in [0.25, 0.3) is 5.69 Å². The minimum atomic E-state index is -0.646. The van der Waals surface area contributed by atoms with Gasteiger partial charge in [0.1, 0.15) is 6.04 Å². The van der Waals surface area contributed by atoms with Crippen molar-refractivity contribution in [1.29, 1.82) is 0 Å². The number of anilines is 2. The second-order valence-electron chi connectivity index (χ2n) is 5.26. The summed E-state index contributed by atoms with van der Waals surface area (Å²) in [5.74, 6) is -0.500. The zero-order valence-electron chi connectivity index (χ0n) is 13.3. The molecule has 0 spiro atoms. The minimum absolute atomic E-state index is 0.0606. The van der Waals surface area contributed by atoms with Crippen LogP contribution in [0.5, 0.6) is 0 Å². The van der Waals surface area contributed by atoms with Crippen molar-refractivity contribution >= 4 is 28.8 Å². The molecule has 0 bridgehead atoms. The quantitative estimate of drug-likeness (QED) is 0.482. The highest BCUT2D eigenvalue weighted by Gasteiger charge is 2.16. The van der Waals surface area contributed by atoms with Gasteiger partial charge >= 0.3 is 0 Å². The van der Waals surface area contributed by atoms with E-state index in [2.05, 4.69) is 10.6 Å². The summed E-state index contributed by atoms with van der Waals surface area (Å²) in [6.07, 6.45) is 0. The average Bonchev–Trinajstić information content (AvgIpc) is 2.55. The van der Waals surface area contributed by atoms with E-state index >= 15 is 0 Å². The van der Waals surface area contributed by atoms with Gasteiger partial charge in [-0.15, -0.1) is 0 Å². The molecular weight excluding hydrogens is 310 g/mol. The molecule has 1 atom stereocenters. The monoisotopic (exact) mass is 327 g/mol. The van der Waals surface area contributed by atoms with Crippen molar-refractivity contribution in [3.63, 3.8) is 0 Å². The Hall–Kier alpha value is -3.22. The first-order valence-electron chi connectivity index (χ1n) is 7.30. The van der Waals surface area contributed by atoms with Crippen molar-refractivity contribution in [3.05, 3.63) is 64.2 Å². The van der Waals surface area contributed by atoms with Crippen LogP contribution in [-0.2, 0) is 4.79 Å². The Kier molecular flexibility index (Phi) is 5.26. The van der Waals surface area contributed by atoms with Crippen molar-refractivity contribution in [2.75, 3.05) is 10.6 Å². The second-order valence-corrected chi connectivity index (χ2v) is 5.26. The third-order valence-electron chi connectivity index (χ3n) is 3.40. The van der Waals surface area contributed by atoms with Gasteiger partial charge in [-0.25, -0.2) is 0 Å². The highest BCUT2D eigenvalue weighted by molar-refractivity contribution is 6.05. The number of carbonyl (C=O) groups excluding carboxylic acids is 2. The molecule has 0 aliphatic rings. The van der Waals surface area contributed by atoms with E-state index in [1.807, 2.05) is 0 Å². The van der Waals surface area contributed by atoms with E-state index in [9.17, 15) is 19.7 Å². The van der Waals surface area contributed by atoms with Gasteiger partial charge in [-0.1, -0.05) is 18.2 Å². The largest absolute Gasteiger partial charge is 0.374 e. The molecule has 0 heterocycles. The smallest absolute Gasteiger partial charge is 0.271 e. The molecule has 0 unspecified atom stereocenters. The van der Waals surface area contributed by atoms with Crippen molar-refractivity contribution in [2.45, 2.75) is 19.9 Å². The number of nitro benzene ring substituents is 1. The number of amides is 1. The van der Waals surface area contributed by atoms with Crippen LogP contribution in [0, 0.1) is 10.1 Å². The van der Waals surface area contributed by atoms with Crippen LogP contribution in [0.2, 0.25) is 0 Å². The van der Waals surface area contributed by atoms with Crippen LogP contribution in [0.1, 0.15) is 24.2 Å². The molecule has 7 nitrogen and oxygen atoms in total. The van der Waals surface area contributed by atoms with Gasteiger partial charge in [0.05, 0.1) is 10.6 Å². The van der Waals surface area contributed by atoms with Crippen molar-refractivity contribution in [3.8, 4) is 0 Å². The average molecular weight is 327 g/mol. The molecule has 0 aromatic heterocycles. The predicted octanol–water partition coefficient (Wildman–Crippen LogP) is 3.24. The maximum absolute atomic E-state index is 12.3. The van der Waals surface area contributed by atoms with Crippen LogP contribution in [0.4, 0.5) is 17.1 Å². The van der Waals surface area contributed by atoms with E-state index in [1.165, 1.54) is 25.1 Å². The van der Waals surface area contributed by atoms with Crippen molar-refractivity contribution in [2.24, 2.45) is 0 Å². The number of carbonyl (C=O) groups is 2. The normalized spacial score (nSPS) is 11.4. The molecule has 24 heavy (non-hydrogen) atoms. The molecule has 0 fully saturated rings. The van der Waals surface area contributed by atoms with Crippen LogP contribution in [0.15, 0.2) is 48.5 Å². The van der Waals surface area contributed by atoms with Crippen LogP contribution < -0.4 is 10.6 Å². The second kappa shape index (κ2) is 7.36. The summed E-state index contributed by atoms with van der Waals surface area (Å²) in [4.78, 5) is 34.2. The summed E-state index contributed by atoms with van der Waals surface area (Å²) in [5, 5.41) is 16.4. The number of hydrogen-bond acceptors (Lipinski definition) is 5. The third-order valence-corrected chi connectivity index (χ3v) is 3.40. The Morgan fingerprint density at radius 3 is 2.50 bits per heavy atom. The fourth-order valence-corrected chi connectivity index (χ4v) is 2.16. The molecule has 124 valence electrons. The van der Waals surface area contributed by atoms with Crippen LogP contribution >= 0.6 is 0 Å². The number of hydrogen-bond donors (Lipinski definition) is 2. The zero-order chi connectivity index (χ0) is 17.7. The number of benzene rings is 2. The number of nitrogens with one attached hydrogen (secondary N) is 2. The molecule has 0 saturated carbocycles. The Morgan fingerprint density at radius 1 is 1.12 bits per heavy atom. The van der Waals surface area contributed by atoms with E-state index in [0.29, 0.717) is 16.9 Å². The van der Waals surface area contributed by atoms with E-state index < -0.39 is 11.0 Å². The number of ketones is 1. The maximum Gasteiger partial charge on any atom is 0.271 e. The summed E-state index contributed by atoms with van der Waals surface area (Å²) in [6, 6.07) is 12.0.